The molecule has 74 heavy (non-hydrogen) atoms. The van der Waals surface area contributed by atoms with Crippen molar-refractivity contribution in [1.29, 1.82) is 0 Å². The molecule has 0 aromatic rings. The molecule has 8 rings (SSSR count). The van der Waals surface area contributed by atoms with Gasteiger partial charge in [-0.2, -0.15) is 0 Å². The summed E-state index contributed by atoms with van der Waals surface area (Å²) in [5.41, 5.74) is 2.45. The van der Waals surface area contributed by atoms with Crippen molar-refractivity contribution in [2.45, 2.75) is 221 Å². The zero-order valence-corrected chi connectivity index (χ0v) is 43.2. The summed E-state index contributed by atoms with van der Waals surface area (Å²) in [6.07, 6.45) is -22.1. The average Bonchev–Trinajstić information content (AvgIpc) is 3.66. The van der Waals surface area contributed by atoms with Crippen LogP contribution >= 0.6 is 0 Å². The molecule has 22 nitrogen and oxygen atoms in total. The van der Waals surface area contributed by atoms with Gasteiger partial charge >= 0.3 is 0 Å². The molecule has 4 heterocycles. The third-order valence-corrected chi connectivity index (χ3v) is 18.9. The molecule has 22 heteroatoms. The maximum atomic E-state index is 12.3. The second-order valence-corrected chi connectivity index (χ2v) is 23.5. The van der Waals surface area contributed by atoms with Gasteiger partial charge in [-0.25, -0.2) is 0 Å². The highest BCUT2D eigenvalue weighted by molar-refractivity contribution is 5.29. The Hall–Kier alpha value is -1.40. The predicted octanol–water partition coefficient (Wildman–Crippen LogP) is -2.18. The van der Waals surface area contributed by atoms with E-state index in [4.69, 9.17) is 37.9 Å². The molecule has 0 aromatic carbocycles. The van der Waals surface area contributed by atoms with Crippen LogP contribution < -0.4 is 0 Å². The molecule has 0 aromatic heterocycles. The first-order valence-corrected chi connectivity index (χ1v) is 26.9. The van der Waals surface area contributed by atoms with Crippen LogP contribution in [0.25, 0.3) is 0 Å². The van der Waals surface area contributed by atoms with Crippen molar-refractivity contribution in [3.63, 3.8) is 0 Å². The fraction of sp³-hybridized carbons (Fsp3) is 0.923. The van der Waals surface area contributed by atoms with Crippen LogP contribution in [0.1, 0.15) is 92.4 Å². The fourth-order valence-corrected chi connectivity index (χ4v) is 14.4. The van der Waals surface area contributed by atoms with E-state index in [1.807, 2.05) is 6.08 Å². The van der Waals surface area contributed by atoms with Crippen LogP contribution in [0, 0.1) is 46.3 Å². The smallest absolute Gasteiger partial charge is 0.187 e. The number of hydrogen-bond donors (Lipinski definition) is 14. The number of aliphatic hydroxyl groups is 14. The second-order valence-electron chi connectivity index (χ2n) is 23.5. The molecule has 28 atom stereocenters. The maximum absolute atomic E-state index is 12.3. The number of ether oxygens (including phenoxy) is 8. The van der Waals surface area contributed by atoms with Gasteiger partial charge in [0.15, 0.2) is 25.2 Å². The van der Waals surface area contributed by atoms with E-state index in [9.17, 15) is 71.5 Å². The van der Waals surface area contributed by atoms with Crippen molar-refractivity contribution in [2.24, 2.45) is 46.3 Å². The molecule has 4 saturated heterocycles. The third-order valence-electron chi connectivity index (χ3n) is 18.9. The molecule has 426 valence electrons. The van der Waals surface area contributed by atoms with Crippen molar-refractivity contribution in [1.82, 2.24) is 0 Å². The van der Waals surface area contributed by atoms with Gasteiger partial charge in [0.05, 0.1) is 45.2 Å². The zero-order chi connectivity index (χ0) is 53.7. The van der Waals surface area contributed by atoms with Crippen LogP contribution in [0.3, 0.4) is 0 Å². The summed E-state index contributed by atoms with van der Waals surface area (Å²) in [6.45, 7) is 8.42. The lowest BCUT2D eigenvalue weighted by Gasteiger charge is -2.58. The second kappa shape index (κ2) is 24.1. The normalized spacial score (nSPS) is 50.5. The first-order chi connectivity index (χ1) is 35.1. The van der Waals surface area contributed by atoms with E-state index in [2.05, 4.69) is 40.7 Å². The van der Waals surface area contributed by atoms with E-state index in [0.717, 1.165) is 44.9 Å². The standard InChI is InChI=1S/C52H86O22/c1-22(2)24(12-15-53)7-6-23(3)29-17-30(57)35-27-9-8-25-16-26(10-13-51(25,4)28(27)11-14-52(29,35)5)68-49-43(66)45(44(34(20-56)71-49)72-47-41(64)39(62)37(60)32(18-54)69-47)73-50-46(36(59)31(58)21-67-50)74-48-42(65)40(63)38(61)33(19-55)70-48/h9,12,22-23,25-26,28-50,53-66H,6-8,10-11,13-21H2,1-5H3/b24-12+/t23?,25?,26-,28?,29?,30?,31+,32?,33?,34?,35?,36?,37-,38-,39?,40?,41?,42?,43?,44+,45?,46?,47-,48+,49+,50-,51-,52+/m0/s1. The summed E-state index contributed by atoms with van der Waals surface area (Å²) in [5.74, 6) is 1.55. The Morgan fingerprint density at radius 1 is 0.622 bits per heavy atom. The molecule has 4 aliphatic heterocycles. The van der Waals surface area contributed by atoms with Crippen LogP contribution in [0.2, 0.25) is 0 Å². The molecule has 17 unspecified atom stereocenters. The van der Waals surface area contributed by atoms with Crippen molar-refractivity contribution in [3.8, 4) is 0 Å². The Morgan fingerprint density at radius 3 is 1.78 bits per heavy atom. The molecular weight excluding hydrogens is 977 g/mol. The topological polar surface area (TPSA) is 357 Å². The summed E-state index contributed by atoms with van der Waals surface area (Å²) in [5, 5.41) is 150. The molecule has 0 radical (unpaired) electrons. The monoisotopic (exact) mass is 1060 g/mol. The van der Waals surface area contributed by atoms with Gasteiger partial charge < -0.3 is 109 Å². The zero-order valence-electron chi connectivity index (χ0n) is 43.2. The van der Waals surface area contributed by atoms with Gasteiger partial charge in [0.1, 0.15) is 91.6 Å². The Kier molecular flexibility index (Phi) is 19.2. The lowest BCUT2D eigenvalue weighted by Crippen LogP contribution is -2.67. The molecule has 14 N–H and O–H groups in total. The van der Waals surface area contributed by atoms with Crippen LogP contribution in [-0.4, -0.2) is 233 Å². The largest absolute Gasteiger partial charge is 0.394 e. The van der Waals surface area contributed by atoms with E-state index < -0.39 is 155 Å². The Bertz CT molecular complexity index is 1890. The summed E-state index contributed by atoms with van der Waals surface area (Å²) in [4.78, 5) is 0. The van der Waals surface area contributed by atoms with E-state index in [1.165, 1.54) is 11.1 Å². The quantitative estimate of drug-likeness (QED) is 0.0689. The van der Waals surface area contributed by atoms with E-state index in [0.29, 0.717) is 30.6 Å². The number of fused-ring (bicyclic) bond motifs is 5. The van der Waals surface area contributed by atoms with Crippen LogP contribution in [0.4, 0.5) is 0 Å². The van der Waals surface area contributed by atoms with Gasteiger partial charge in [0.25, 0.3) is 0 Å². The molecule has 4 aliphatic carbocycles. The minimum Gasteiger partial charge on any atom is -0.394 e. The van der Waals surface area contributed by atoms with Gasteiger partial charge in [-0.15, -0.1) is 0 Å². The van der Waals surface area contributed by atoms with E-state index >= 15 is 0 Å². The number of hydrogen-bond acceptors (Lipinski definition) is 22. The maximum Gasteiger partial charge on any atom is 0.187 e. The Balaban J connectivity index is 1.01. The third kappa shape index (κ3) is 11.2. The highest BCUT2D eigenvalue weighted by Crippen LogP contribution is 2.67. The van der Waals surface area contributed by atoms with Gasteiger partial charge in [-0.3, -0.25) is 0 Å². The SMILES string of the molecule is CC(C)/C(=C/CO)CCC(C)C1CC(O)C2C3=CCC4C[C@@H](O[C@@H]5OC(CO)[C@@H](O[C@@H]6OC(CO)[C@H](O)C(O)C6O)C(O[C@@H]6OC[C@@H](O)C(O)C6O[C@H]6OC(CO)[C@H](O)C(O)C6O)C5O)CC[C@]4(C)C3CC[C@]12C. The van der Waals surface area contributed by atoms with Gasteiger partial charge in [-0.1, -0.05) is 57.9 Å². The van der Waals surface area contributed by atoms with Crippen molar-refractivity contribution >= 4 is 0 Å². The molecular formula is C52H86O22. The number of aliphatic hydroxyl groups excluding tert-OH is 14. The van der Waals surface area contributed by atoms with E-state index in [-0.39, 0.29) is 35.2 Å². The Labute approximate surface area is 432 Å². The predicted molar refractivity (Wildman–Crippen MR) is 256 cm³/mol. The van der Waals surface area contributed by atoms with Gasteiger partial charge in [-0.05, 0) is 98.2 Å². The molecule has 0 bridgehead atoms. The molecule has 0 spiro atoms. The number of rotatable bonds is 17. The van der Waals surface area contributed by atoms with Crippen LogP contribution in [0.15, 0.2) is 23.3 Å². The fourth-order valence-electron chi connectivity index (χ4n) is 14.4. The molecule has 3 saturated carbocycles. The first-order valence-electron chi connectivity index (χ1n) is 26.9. The average molecular weight is 1060 g/mol. The molecule has 7 fully saturated rings. The van der Waals surface area contributed by atoms with Crippen molar-refractivity contribution < 1.29 is 109 Å². The lowest BCUT2D eigenvalue weighted by molar-refractivity contribution is -0.397. The van der Waals surface area contributed by atoms with Crippen molar-refractivity contribution in [3.05, 3.63) is 23.3 Å². The molecule has 8 aliphatic rings. The summed E-state index contributed by atoms with van der Waals surface area (Å²) in [7, 11) is 0. The van der Waals surface area contributed by atoms with Gasteiger partial charge in [0, 0.05) is 5.92 Å². The highest BCUT2D eigenvalue weighted by Gasteiger charge is 2.62. The van der Waals surface area contributed by atoms with Crippen LogP contribution in [0.5, 0.6) is 0 Å². The number of allylic oxidation sites excluding steroid dienone is 2. The highest BCUT2D eigenvalue weighted by atomic mass is 16.8. The van der Waals surface area contributed by atoms with Crippen LogP contribution in [-0.2, 0) is 37.9 Å². The summed E-state index contributed by atoms with van der Waals surface area (Å²) in [6, 6.07) is 0. The minimum atomic E-state index is -1.94. The summed E-state index contributed by atoms with van der Waals surface area (Å²) >= 11 is 0. The van der Waals surface area contributed by atoms with Gasteiger partial charge in [0.2, 0.25) is 0 Å². The molecule has 0 amide bonds. The lowest BCUT2D eigenvalue weighted by atomic mass is 9.47. The summed E-state index contributed by atoms with van der Waals surface area (Å²) < 4.78 is 48.2. The van der Waals surface area contributed by atoms with Crippen molar-refractivity contribution in [2.75, 3.05) is 33.0 Å². The minimum absolute atomic E-state index is 0.0305. The Morgan fingerprint density at radius 2 is 1.19 bits per heavy atom. The van der Waals surface area contributed by atoms with E-state index in [1.54, 1.807) is 0 Å². The first kappa shape index (κ1) is 58.7.